The minimum atomic E-state index is -0.0340. The van der Waals surface area contributed by atoms with Crippen LogP contribution in [0.15, 0.2) is 28.9 Å². The third-order valence-corrected chi connectivity index (χ3v) is 4.33. The normalized spacial score (nSPS) is 15.3. The zero-order chi connectivity index (χ0) is 13.4. The van der Waals surface area contributed by atoms with Gasteiger partial charge in [-0.2, -0.15) is 0 Å². The van der Waals surface area contributed by atoms with E-state index in [1.54, 1.807) is 12.3 Å². The second-order valence-corrected chi connectivity index (χ2v) is 5.69. The van der Waals surface area contributed by atoms with Gasteiger partial charge in [0.05, 0.1) is 11.1 Å². The first-order chi connectivity index (χ1) is 9.15. The van der Waals surface area contributed by atoms with Crippen molar-refractivity contribution in [1.29, 1.82) is 0 Å². The maximum absolute atomic E-state index is 6.32. The summed E-state index contributed by atoms with van der Waals surface area (Å²) in [5.41, 5.74) is 1.96. The molecule has 1 aliphatic rings. The molecule has 2 heterocycles. The molecular weight excluding hydrogens is 332 g/mol. The molecule has 1 aromatic heterocycles. The Hall–Kier alpha value is -1.13. The molecule has 0 saturated heterocycles. The van der Waals surface area contributed by atoms with E-state index in [4.69, 9.17) is 25.5 Å². The first kappa shape index (κ1) is 12.9. The van der Waals surface area contributed by atoms with E-state index >= 15 is 0 Å². The predicted molar refractivity (Wildman–Crippen MR) is 76.7 cm³/mol. The Morgan fingerprint density at radius 2 is 1.84 bits per heavy atom. The highest BCUT2D eigenvalue weighted by atomic mass is 79.9. The largest absolute Gasteiger partial charge is 0.486 e. The fraction of sp³-hybridized carbons (Fsp3) is 0.286. The Labute approximate surface area is 124 Å². The Bertz CT molecular complexity index is 609. The van der Waals surface area contributed by atoms with Gasteiger partial charge >= 0.3 is 0 Å². The number of furan rings is 1. The van der Waals surface area contributed by atoms with Crippen LogP contribution in [0.25, 0.3) is 0 Å². The number of aryl methyl sites for hydroxylation is 1. The first-order valence-electron chi connectivity index (χ1n) is 5.93. The van der Waals surface area contributed by atoms with Gasteiger partial charge in [-0.05, 0) is 24.6 Å². The molecule has 0 radical (unpaired) electrons. The summed E-state index contributed by atoms with van der Waals surface area (Å²) in [4.78, 5) is -0.0340. The van der Waals surface area contributed by atoms with Gasteiger partial charge in [0.1, 0.15) is 19.0 Å². The van der Waals surface area contributed by atoms with Gasteiger partial charge in [0, 0.05) is 16.7 Å². The molecule has 5 heteroatoms. The summed E-state index contributed by atoms with van der Waals surface area (Å²) in [5.74, 6) is 2.30. The zero-order valence-electron chi connectivity index (χ0n) is 10.3. The van der Waals surface area contributed by atoms with Crippen LogP contribution in [0, 0.1) is 6.92 Å². The van der Waals surface area contributed by atoms with Crippen molar-refractivity contribution in [3.63, 3.8) is 0 Å². The van der Waals surface area contributed by atoms with Crippen molar-refractivity contribution >= 4 is 27.5 Å². The van der Waals surface area contributed by atoms with Crippen LogP contribution in [0.3, 0.4) is 0 Å². The third-order valence-electron chi connectivity index (χ3n) is 2.98. The van der Waals surface area contributed by atoms with E-state index in [0.29, 0.717) is 24.0 Å². The van der Waals surface area contributed by atoms with Crippen molar-refractivity contribution in [1.82, 2.24) is 0 Å². The van der Waals surface area contributed by atoms with Crippen LogP contribution >= 0.6 is 27.5 Å². The summed E-state index contributed by atoms with van der Waals surface area (Å²) in [6, 6.07) is 5.69. The second kappa shape index (κ2) is 5.10. The van der Waals surface area contributed by atoms with Crippen LogP contribution in [0.2, 0.25) is 5.02 Å². The van der Waals surface area contributed by atoms with Crippen LogP contribution in [0.4, 0.5) is 0 Å². The standard InChI is InChI=1S/C14H12BrClO3/c1-8-4-9(7-19-8)14(15)10-5-12-13(6-11(10)16)18-3-2-17-12/h4-7,14H,2-3H2,1H3. The Morgan fingerprint density at radius 1 is 1.16 bits per heavy atom. The van der Waals surface area contributed by atoms with Gasteiger partial charge in [0.15, 0.2) is 11.5 Å². The molecule has 100 valence electrons. The molecule has 0 fully saturated rings. The number of rotatable bonds is 2. The highest BCUT2D eigenvalue weighted by Gasteiger charge is 2.21. The SMILES string of the molecule is Cc1cc(C(Br)c2cc3c(cc2Cl)OCCO3)co1. The van der Waals surface area contributed by atoms with Gasteiger partial charge in [-0.3, -0.25) is 0 Å². The fourth-order valence-electron chi connectivity index (χ4n) is 2.05. The maximum atomic E-state index is 6.32. The topological polar surface area (TPSA) is 31.6 Å². The average Bonchev–Trinajstić information content (AvgIpc) is 2.84. The molecule has 1 atom stereocenters. The number of ether oxygens (including phenoxy) is 2. The lowest BCUT2D eigenvalue weighted by Gasteiger charge is -2.21. The van der Waals surface area contributed by atoms with Gasteiger partial charge in [0.25, 0.3) is 0 Å². The lowest BCUT2D eigenvalue weighted by molar-refractivity contribution is 0.171. The summed E-state index contributed by atoms with van der Waals surface area (Å²) in [7, 11) is 0. The molecule has 19 heavy (non-hydrogen) atoms. The third kappa shape index (κ3) is 2.47. The molecule has 0 bridgehead atoms. The molecule has 2 aromatic rings. The number of alkyl halides is 1. The number of hydrogen-bond acceptors (Lipinski definition) is 3. The Balaban J connectivity index is 2.00. The van der Waals surface area contributed by atoms with E-state index in [1.165, 1.54) is 0 Å². The van der Waals surface area contributed by atoms with Gasteiger partial charge in [-0.25, -0.2) is 0 Å². The van der Waals surface area contributed by atoms with Crippen molar-refractivity contribution < 1.29 is 13.9 Å². The highest BCUT2D eigenvalue weighted by molar-refractivity contribution is 9.09. The molecular formula is C14H12BrClO3. The quantitative estimate of drug-likeness (QED) is 0.753. The molecule has 3 rings (SSSR count). The molecule has 1 aromatic carbocycles. The minimum absolute atomic E-state index is 0.0340. The lowest BCUT2D eigenvalue weighted by Crippen LogP contribution is -2.15. The Kier molecular flexibility index (Phi) is 3.46. The molecule has 0 amide bonds. The summed E-state index contributed by atoms with van der Waals surface area (Å²) in [6.07, 6.45) is 1.72. The van der Waals surface area contributed by atoms with E-state index < -0.39 is 0 Å². The molecule has 0 saturated carbocycles. The van der Waals surface area contributed by atoms with Gasteiger partial charge < -0.3 is 13.9 Å². The highest BCUT2D eigenvalue weighted by Crippen LogP contribution is 2.42. The van der Waals surface area contributed by atoms with E-state index in [1.807, 2.05) is 19.1 Å². The number of fused-ring (bicyclic) bond motifs is 1. The summed E-state index contributed by atoms with van der Waals surface area (Å²) in [6.45, 7) is 3.03. The van der Waals surface area contributed by atoms with Crippen LogP contribution in [-0.2, 0) is 0 Å². The van der Waals surface area contributed by atoms with E-state index in [2.05, 4.69) is 15.9 Å². The van der Waals surface area contributed by atoms with Gasteiger partial charge in [-0.1, -0.05) is 27.5 Å². The monoisotopic (exact) mass is 342 g/mol. The van der Waals surface area contributed by atoms with Crippen molar-refractivity contribution in [3.8, 4) is 11.5 Å². The Morgan fingerprint density at radius 3 is 2.47 bits per heavy atom. The zero-order valence-corrected chi connectivity index (χ0v) is 12.6. The maximum Gasteiger partial charge on any atom is 0.162 e. The molecule has 1 aliphatic heterocycles. The van der Waals surface area contributed by atoms with Crippen molar-refractivity contribution in [2.75, 3.05) is 13.2 Å². The first-order valence-corrected chi connectivity index (χ1v) is 7.22. The number of halogens is 2. The van der Waals surface area contributed by atoms with Crippen LogP contribution < -0.4 is 9.47 Å². The van der Waals surface area contributed by atoms with Crippen LogP contribution in [0.1, 0.15) is 21.7 Å². The summed E-state index contributed by atoms with van der Waals surface area (Å²) in [5, 5.41) is 0.643. The summed E-state index contributed by atoms with van der Waals surface area (Å²) >= 11 is 9.96. The number of benzene rings is 1. The lowest BCUT2D eigenvalue weighted by atomic mass is 10.1. The van der Waals surface area contributed by atoms with Crippen LogP contribution in [-0.4, -0.2) is 13.2 Å². The van der Waals surface area contributed by atoms with E-state index in [9.17, 15) is 0 Å². The second-order valence-electron chi connectivity index (χ2n) is 4.37. The molecule has 0 N–H and O–H groups in total. The predicted octanol–water partition coefficient (Wildman–Crippen LogP) is 4.50. The minimum Gasteiger partial charge on any atom is -0.486 e. The molecule has 0 spiro atoms. The molecule has 0 aliphatic carbocycles. The van der Waals surface area contributed by atoms with Gasteiger partial charge in [0.2, 0.25) is 0 Å². The van der Waals surface area contributed by atoms with Crippen molar-refractivity contribution in [2.24, 2.45) is 0 Å². The fourth-order valence-corrected chi connectivity index (χ4v) is 3.06. The van der Waals surface area contributed by atoms with Gasteiger partial charge in [-0.15, -0.1) is 0 Å². The number of hydrogen-bond donors (Lipinski definition) is 0. The van der Waals surface area contributed by atoms with Crippen molar-refractivity contribution in [3.05, 3.63) is 46.4 Å². The summed E-state index contributed by atoms with van der Waals surface area (Å²) < 4.78 is 16.4. The molecule has 3 nitrogen and oxygen atoms in total. The van der Waals surface area contributed by atoms with Crippen LogP contribution in [0.5, 0.6) is 11.5 Å². The van der Waals surface area contributed by atoms with E-state index in [0.717, 1.165) is 22.6 Å². The van der Waals surface area contributed by atoms with Crippen molar-refractivity contribution in [2.45, 2.75) is 11.8 Å². The average molecular weight is 344 g/mol. The molecule has 1 unspecified atom stereocenters. The van der Waals surface area contributed by atoms with E-state index in [-0.39, 0.29) is 4.83 Å². The smallest absolute Gasteiger partial charge is 0.162 e.